The monoisotopic (exact) mass is 523 g/mol. The van der Waals surface area contributed by atoms with Gasteiger partial charge in [-0.25, -0.2) is 4.39 Å². The van der Waals surface area contributed by atoms with Gasteiger partial charge in [-0.2, -0.15) is 0 Å². The van der Waals surface area contributed by atoms with Crippen molar-refractivity contribution in [3.63, 3.8) is 0 Å². The normalized spacial score (nSPS) is 19.3. The lowest BCUT2D eigenvalue weighted by atomic mass is 9.75. The van der Waals surface area contributed by atoms with E-state index in [4.69, 9.17) is 25.5 Å². The van der Waals surface area contributed by atoms with Crippen molar-refractivity contribution in [2.45, 2.75) is 31.7 Å². The van der Waals surface area contributed by atoms with Crippen molar-refractivity contribution in [3.05, 3.63) is 70.8 Å². The van der Waals surface area contributed by atoms with Crippen LogP contribution in [0.4, 0.5) is 13.2 Å². The molecule has 1 N–H and O–H groups in total. The number of alkyl halides is 2. The van der Waals surface area contributed by atoms with Gasteiger partial charge in [0.15, 0.2) is 24.7 Å². The third-order valence-electron chi connectivity index (χ3n) is 5.30. The molecule has 0 saturated heterocycles. The third-order valence-corrected chi connectivity index (χ3v) is 5.61. The zero-order valence-electron chi connectivity index (χ0n) is 18.5. The maximum absolute atomic E-state index is 13.5. The third kappa shape index (κ3) is 5.03. The number of hydrogen-bond donors (Lipinski definition) is 1. The summed E-state index contributed by atoms with van der Waals surface area (Å²) in [4.78, 5) is 12.2. The number of carbonyl (C=O) groups is 1. The number of aromatic nitrogens is 2. The highest BCUT2D eigenvalue weighted by Crippen LogP contribution is 2.43. The predicted molar refractivity (Wildman–Crippen MR) is 116 cm³/mol. The smallest absolute Gasteiger partial charge is 0.484 e. The average molecular weight is 524 g/mol. The molecule has 1 aliphatic heterocycles. The lowest BCUT2D eigenvalue weighted by Crippen LogP contribution is -2.39. The van der Waals surface area contributed by atoms with E-state index < -0.39 is 23.4 Å². The largest absolute Gasteiger partial charge is 0.586 e. The van der Waals surface area contributed by atoms with Crippen LogP contribution in [0.3, 0.4) is 0 Å². The second-order valence-electron chi connectivity index (χ2n) is 8.24. The number of hydrogen-bond acceptors (Lipinski definition) is 8. The van der Waals surface area contributed by atoms with Crippen molar-refractivity contribution in [3.8, 4) is 23.0 Å². The minimum atomic E-state index is -3.73. The van der Waals surface area contributed by atoms with Crippen molar-refractivity contribution in [2.24, 2.45) is 0 Å². The van der Waals surface area contributed by atoms with Crippen molar-refractivity contribution >= 4 is 17.5 Å². The van der Waals surface area contributed by atoms with E-state index >= 15 is 0 Å². The van der Waals surface area contributed by atoms with Gasteiger partial charge < -0.3 is 28.7 Å². The van der Waals surface area contributed by atoms with Crippen LogP contribution in [-0.2, 0) is 16.8 Å². The number of allylic oxidation sites excluding steroid dienone is 2. The number of fused-ring (bicyclic) bond motifs is 1. The van der Waals surface area contributed by atoms with Crippen LogP contribution >= 0.6 is 11.6 Å². The zero-order valence-corrected chi connectivity index (χ0v) is 19.3. The standard InChI is InChI=1S/C23H17ClF3N3O6/c1-22(21-30-29-20(34-21)11-33-13-2-4-15(24)16(25)6-13)8-12(9-22)28-19(31)10-32-14-3-5-17-18(7-14)36-23(26,27)35-17/h2-8H,9-11H2,1H3,(H,28,31). The summed E-state index contributed by atoms with van der Waals surface area (Å²) in [7, 11) is 0. The zero-order chi connectivity index (χ0) is 25.5. The highest BCUT2D eigenvalue weighted by molar-refractivity contribution is 6.30. The Hall–Kier alpha value is -3.93. The molecule has 1 amide bonds. The number of nitrogens with zero attached hydrogens (tertiary/aromatic N) is 2. The van der Waals surface area contributed by atoms with Crippen LogP contribution in [0.1, 0.15) is 25.1 Å². The van der Waals surface area contributed by atoms with Gasteiger partial charge in [0.05, 0.1) is 10.4 Å². The van der Waals surface area contributed by atoms with E-state index in [0.29, 0.717) is 18.0 Å². The highest BCUT2D eigenvalue weighted by Gasteiger charge is 2.43. The molecule has 1 aliphatic carbocycles. The molecule has 1 aromatic heterocycles. The number of nitrogens with one attached hydrogen (secondary N) is 1. The molecule has 1 atom stereocenters. The summed E-state index contributed by atoms with van der Waals surface area (Å²) < 4.78 is 64.8. The molecule has 2 aliphatic rings. The Labute approximate surface area is 206 Å². The summed E-state index contributed by atoms with van der Waals surface area (Å²) in [6.07, 6.45) is -1.55. The Balaban J connectivity index is 1.11. The first-order chi connectivity index (χ1) is 17.1. The van der Waals surface area contributed by atoms with Crippen LogP contribution in [0.2, 0.25) is 5.02 Å². The van der Waals surface area contributed by atoms with Gasteiger partial charge in [-0.1, -0.05) is 11.6 Å². The van der Waals surface area contributed by atoms with Crippen LogP contribution < -0.4 is 24.3 Å². The lowest BCUT2D eigenvalue weighted by molar-refractivity contribution is -0.286. The molecule has 3 aromatic rings. The molecule has 5 rings (SSSR count). The molecular formula is C23H17ClF3N3O6. The first-order valence-electron chi connectivity index (χ1n) is 10.5. The van der Waals surface area contributed by atoms with Crippen LogP contribution in [0.5, 0.6) is 23.0 Å². The molecular weight excluding hydrogens is 507 g/mol. The molecule has 2 aromatic carbocycles. The fraction of sp³-hybridized carbons (Fsp3) is 0.261. The second-order valence-corrected chi connectivity index (χ2v) is 8.65. The van der Waals surface area contributed by atoms with Crippen LogP contribution in [0, 0.1) is 5.82 Å². The lowest BCUT2D eigenvalue weighted by Gasteiger charge is -2.33. The van der Waals surface area contributed by atoms with Gasteiger partial charge >= 0.3 is 6.29 Å². The fourth-order valence-electron chi connectivity index (χ4n) is 3.61. The van der Waals surface area contributed by atoms with E-state index in [9.17, 15) is 18.0 Å². The fourth-order valence-corrected chi connectivity index (χ4v) is 3.72. The van der Waals surface area contributed by atoms with Crippen molar-refractivity contribution in [1.29, 1.82) is 0 Å². The predicted octanol–water partition coefficient (Wildman–Crippen LogP) is 4.50. The maximum atomic E-state index is 13.5. The molecule has 2 heterocycles. The summed E-state index contributed by atoms with van der Waals surface area (Å²) in [6, 6.07) is 7.91. The number of rotatable bonds is 8. The summed E-state index contributed by atoms with van der Waals surface area (Å²) >= 11 is 5.65. The SMILES string of the molecule is CC1(c2nnc(COc3ccc(Cl)c(F)c3)o2)C=C(NC(=O)COc2ccc3c(c2)OC(F)(F)O3)C1. The van der Waals surface area contributed by atoms with Crippen LogP contribution in [-0.4, -0.2) is 29.0 Å². The molecule has 0 radical (unpaired) electrons. The molecule has 9 nitrogen and oxygen atoms in total. The van der Waals surface area contributed by atoms with E-state index in [1.54, 1.807) is 6.08 Å². The van der Waals surface area contributed by atoms with Gasteiger partial charge in [0.2, 0.25) is 5.89 Å². The van der Waals surface area contributed by atoms with Crippen molar-refractivity contribution in [2.75, 3.05) is 6.61 Å². The number of benzene rings is 2. The van der Waals surface area contributed by atoms with Gasteiger partial charge in [-0.05, 0) is 37.3 Å². The first-order valence-corrected chi connectivity index (χ1v) is 10.9. The van der Waals surface area contributed by atoms with E-state index in [2.05, 4.69) is 25.0 Å². The molecule has 13 heteroatoms. The second kappa shape index (κ2) is 8.94. The Bertz CT molecular complexity index is 1360. The minimum Gasteiger partial charge on any atom is -0.484 e. The number of carbonyl (C=O) groups excluding carboxylic acids is 1. The molecule has 188 valence electrons. The van der Waals surface area contributed by atoms with Gasteiger partial charge in [0, 0.05) is 24.3 Å². The molecule has 1 unspecified atom stereocenters. The van der Waals surface area contributed by atoms with E-state index in [1.165, 1.54) is 30.3 Å². The summed E-state index contributed by atoms with van der Waals surface area (Å²) in [5.41, 5.74) is 0.0352. The molecule has 0 saturated carbocycles. The van der Waals surface area contributed by atoms with Crippen molar-refractivity contribution in [1.82, 2.24) is 15.5 Å². The van der Waals surface area contributed by atoms with Crippen LogP contribution in [0.25, 0.3) is 0 Å². The highest BCUT2D eigenvalue weighted by atomic mass is 35.5. The minimum absolute atomic E-state index is 0.0122. The summed E-state index contributed by atoms with van der Waals surface area (Å²) in [5.74, 6) is -0.395. The molecule has 0 spiro atoms. The van der Waals surface area contributed by atoms with Crippen LogP contribution in [0.15, 0.2) is 52.6 Å². The molecule has 36 heavy (non-hydrogen) atoms. The molecule has 0 bridgehead atoms. The number of halogens is 4. The van der Waals surface area contributed by atoms with E-state index in [0.717, 1.165) is 6.07 Å². The van der Waals surface area contributed by atoms with Gasteiger partial charge in [-0.3, -0.25) is 4.79 Å². The average Bonchev–Trinajstić information content (AvgIpc) is 3.40. The Kier molecular flexibility index (Phi) is 5.91. The van der Waals surface area contributed by atoms with Crippen molar-refractivity contribution < 1.29 is 41.3 Å². The summed E-state index contributed by atoms with van der Waals surface area (Å²) in [6.45, 7) is 1.44. The molecule has 0 fully saturated rings. The van der Waals surface area contributed by atoms with E-state index in [-0.39, 0.29) is 47.1 Å². The maximum Gasteiger partial charge on any atom is 0.586 e. The van der Waals surface area contributed by atoms with Gasteiger partial charge in [0.1, 0.15) is 17.3 Å². The van der Waals surface area contributed by atoms with Gasteiger partial charge in [-0.15, -0.1) is 19.0 Å². The quantitative estimate of drug-likeness (QED) is 0.460. The Morgan fingerprint density at radius 2 is 1.83 bits per heavy atom. The Morgan fingerprint density at radius 1 is 1.11 bits per heavy atom. The number of ether oxygens (including phenoxy) is 4. The Morgan fingerprint density at radius 3 is 2.61 bits per heavy atom. The van der Waals surface area contributed by atoms with Gasteiger partial charge in [0.25, 0.3) is 11.8 Å². The first kappa shape index (κ1) is 23.8. The topological polar surface area (TPSA) is 105 Å². The van der Waals surface area contributed by atoms with E-state index in [1.807, 2.05) is 6.92 Å². The summed E-state index contributed by atoms with van der Waals surface area (Å²) in [5, 5.41) is 10.7. The number of amides is 1.